The van der Waals surface area contributed by atoms with E-state index in [0.29, 0.717) is 27.2 Å². The van der Waals surface area contributed by atoms with Crippen LogP contribution in [0.4, 0.5) is 5.69 Å². The second-order valence-corrected chi connectivity index (χ2v) is 6.43. The fraction of sp³-hybridized carbons (Fsp3) is 0. The fourth-order valence-corrected chi connectivity index (χ4v) is 3.07. The Morgan fingerprint density at radius 2 is 1.85 bits per heavy atom. The van der Waals surface area contributed by atoms with Gasteiger partial charge in [-0.15, -0.1) is 5.10 Å². The number of hydrogen-bond acceptors (Lipinski definition) is 6. The highest BCUT2D eigenvalue weighted by molar-refractivity contribution is 7.03. The first-order valence-corrected chi connectivity index (χ1v) is 8.75. The Labute approximate surface area is 156 Å². The van der Waals surface area contributed by atoms with Crippen molar-refractivity contribution in [3.63, 3.8) is 0 Å². The molecule has 2 aromatic heterocycles. The zero-order valence-corrected chi connectivity index (χ0v) is 14.7. The molecular formula is C18H10ClN3O3S. The maximum Gasteiger partial charge on any atom is 0.277 e. The summed E-state index contributed by atoms with van der Waals surface area (Å²) in [4.78, 5) is 25.3. The summed E-state index contributed by atoms with van der Waals surface area (Å²) in [5.74, 6) is -0.773. The molecule has 6 nitrogen and oxygen atoms in total. The monoisotopic (exact) mass is 383 g/mol. The Bertz CT molecular complexity index is 1100. The van der Waals surface area contributed by atoms with Crippen molar-refractivity contribution in [2.45, 2.75) is 0 Å². The standard InChI is InChI=1S/C18H10ClN3O3S/c19-11-7-5-10(6-8-11)16(23)17-15(12-3-1-2-4-14(12)25-17)20-18(24)13-9-26-22-21-13/h1-9H,(H,20,24). The number of ketones is 1. The van der Waals surface area contributed by atoms with Gasteiger partial charge >= 0.3 is 0 Å². The first-order chi connectivity index (χ1) is 12.6. The zero-order chi connectivity index (χ0) is 18.1. The van der Waals surface area contributed by atoms with Crippen molar-refractivity contribution in [1.82, 2.24) is 9.59 Å². The highest BCUT2D eigenvalue weighted by Gasteiger charge is 2.24. The fourth-order valence-electron chi connectivity index (χ4n) is 2.50. The van der Waals surface area contributed by atoms with Crippen LogP contribution in [-0.4, -0.2) is 21.3 Å². The van der Waals surface area contributed by atoms with Gasteiger partial charge in [0.15, 0.2) is 11.5 Å². The average Bonchev–Trinajstić information content (AvgIpc) is 3.30. The second kappa shape index (κ2) is 6.70. The summed E-state index contributed by atoms with van der Waals surface area (Å²) in [6.07, 6.45) is 0. The van der Waals surface area contributed by atoms with Crippen LogP contribution in [0.5, 0.6) is 0 Å². The van der Waals surface area contributed by atoms with Crippen LogP contribution in [0.25, 0.3) is 11.0 Å². The molecule has 2 aromatic carbocycles. The predicted octanol–water partition coefficient (Wildman–Crippen LogP) is 4.42. The Kier molecular flexibility index (Phi) is 4.24. The number of nitrogens with zero attached hydrogens (tertiary/aromatic N) is 2. The predicted molar refractivity (Wildman–Crippen MR) is 99.0 cm³/mol. The third-order valence-electron chi connectivity index (χ3n) is 3.74. The van der Waals surface area contributed by atoms with E-state index in [4.69, 9.17) is 16.0 Å². The topological polar surface area (TPSA) is 85.1 Å². The largest absolute Gasteiger partial charge is 0.450 e. The Balaban J connectivity index is 1.80. The van der Waals surface area contributed by atoms with Crippen LogP contribution in [0.15, 0.2) is 58.3 Å². The summed E-state index contributed by atoms with van der Waals surface area (Å²) in [5, 5.41) is 9.14. The van der Waals surface area contributed by atoms with Crippen molar-refractivity contribution in [1.29, 1.82) is 0 Å². The number of hydrogen-bond donors (Lipinski definition) is 1. The average molecular weight is 384 g/mol. The van der Waals surface area contributed by atoms with E-state index >= 15 is 0 Å². The van der Waals surface area contributed by atoms with Crippen LogP contribution < -0.4 is 5.32 Å². The van der Waals surface area contributed by atoms with Crippen LogP contribution in [-0.2, 0) is 0 Å². The van der Waals surface area contributed by atoms with Crippen molar-refractivity contribution >= 4 is 51.5 Å². The lowest BCUT2D eigenvalue weighted by Gasteiger charge is -2.04. The molecule has 0 saturated carbocycles. The Morgan fingerprint density at radius 1 is 1.08 bits per heavy atom. The van der Waals surface area contributed by atoms with E-state index in [-0.39, 0.29) is 17.2 Å². The minimum atomic E-state index is -0.463. The number of para-hydroxylation sites is 1. The lowest BCUT2D eigenvalue weighted by molar-refractivity contribution is 0.101. The molecule has 1 amide bonds. The van der Waals surface area contributed by atoms with Gasteiger partial charge in [0.2, 0.25) is 5.78 Å². The van der Waals surface area contributed by atoms with E-state index in [2.05, 4.69) is 14.9 Å². The van der Waals surface area contributed by atoms with Gasteiger partial charge in [0.1, 0.15) is 5.58 Å². The minimum absolute atomic E-state index is 0.0464. The van der Waals surface area contributed by atoms with Crippen LogP contribution in [0.2, 0.25) is 5.02 Å². The molecule has 4 aromatic rings. The maximum absolute atomic E-state index is 12.9. The number of aromatic nitrogens is 2. The van der Waals surface area contributed by atoms with Gasteiger partial charge in [0.05, 0.1) is 5.69 Å². The normalized spacial score (nSPS) is 10.8. The molecule has 0 fully saturated rings. The molecule has 0 aliphatic heterocycles. The quantitative estimate of drug-likeness (QED) is 0.527. The number of furan rings is 1. The van der Waals surface area contributed by atoms with Crippen molar-refractivity contribution in [3.8, 4) is 0 Å². The van der Waals surface area contributed by atoms with Gasteiger partial charge in [-0.1, -0.05) is 28.2 Å². The molecule has 0 radical (unpaired) electrons. The molecular weight excluding hydrogens is 374 g/mol. The smallest absolute Gasteiger partial charge is 0.277 e. The van der Waals surface area contributed by atoms with E-state index in [1.807, 2.05) is 0 Å². The van der Waals surface area contributed by atoms with Gasteiger partial charge in [-0.2, -0.15) is 0 Å². The highest BCUT2D eigenvalue weighted by atomic mass is 35.5. The molecule has 0 saturated heterocycles. The highest BCUT2D eigenvalue weighted by Crippen LogP contribution is 2.33. The number of nitrogens with one attached hydrogen (secondary N) is 1. The summed E-state index contributed by atoms with van der Waals surface area (Å²) in [6.45, 7) is 0. The summed E-state index contributed by atoms with van der Waals surface area (Å²) >= 11 is 6.95. The van der Waals surface area contributed by atoms with Gasteiger partial charge in [-0.25, -0.2) is 0 Å². The van der Waals surface area contributed by atoms with Crippen molar-refractivity contribution in [2.24, 2.45) is 0 Å². The van der Waals surface area contributed by atoms with E-state index in [0.717, 1.165) is 11.5 Å². The molecule has 26 heavy (non-hydrogen) atoms. The van der Waals surface area contributed by atoms with E-state index in [9.17, 15) is 9.59 Å². The third kappa shape index (κ3) is 2.98. The van der Waals surface area contributed by atoms with Crippen molar-refractivity contribution in [2.75, 3.05) is 5.32 Å². The van der Waals surface area contributed by atoms with Crippen LogP contribution in [0, 0.1) is 0 Å². The molecule has 0 spiro atoms. The zero-order valence-electron chi connectivity index (χ0n) is 13.1. The molecule has 2 heterocycles. The molecule has 0 aliphatic carbocycles. The third-order valence-corrected chi connectivity index (χ3v) is 4.50. The SMILES string of the molecule is O=C(Nc1c(C(=O)c2ccc(Cl)cc2)oc2ccccc12)c1csnn1. The van der Waals surface area contributed by atoms with Gasteiger partial charge in [-0.3, -0.25) is 9.59 Å². The number of anilines is 1. The maximum atomic E-state index is 12.9. The molecule has 128 valence electrons. The molecule has 0 aliphatic rings. The van der Waals surface area contributed by atoms with E-state index in [1.165, 1.54) is 5.38 Å². The van der Waals surface area contributed by atoms with Gasteiger partial charge in [0, 0.05) is 21.4 Å². The van der Waals surface area contributed by atoms with E-state index < -0.39 is 5.91 Å². The van der Waals surface area contributed by atoms with Gasteiger partial charge < -0.3 is 9.73 Å². The Hall–Kier alpha value is -3.03. The molecule has 8 heteroatoms. The molecule has 1 N–H and O–H groups in total. The van der Waals surface area contributed by atoms with Crippen LogP contribution in [0.3, 0.4) is 0 Å². The first-order valence-electron chi connectivity index (χ1n) is 7.53. The Morgan fingerprint density at radius 3 is 2.58 bits per heavy atom. The number of benzene rings is 2. The number of halogens is 1. The summed E-state index contributed by atoms with van der Waals surface area (Å²) < 4.78 is 9.41. The first kappa shape index (κ1) is 16.4. The summed E-state index contributed by atoms with van der Waals surface area (Å²) in [6, 6.07) is 13.5. The lowest BCUT2D eigenvalue weighted by atomic mass is 10.1. The summed E-state index contributed by atoms with van der Waals surface area (Å²) in [5.41, 5.74) is 1.37. The van der Waals surface area contributed by atoms with Gasteiger partial charge in [0.25, 0.3) is 5.91 Å². The summed E-state index contributed by atoms with van der Waals surface area (Å²) in [7, 11) is 0. The van der Waals surface area contributed by atoms with Crippen molar-refractivity contribution < 1.29 is 14.0 Å². The molecule has 0 bridgehead atoms. The number of amides is 1. The van der Waals surface area contributed by atoms with Crippen LogP contribution >= 0.6 is 23.1 Å². The number of rotatable bonds is 4. The van der Waals surface area contributed by atoms with Gasteiger partial charge in [-0.05, 0) is 47.9 Å². The lowest BCUT2D eigenvalue weighted by Crippen LogP contribution is -2.14. The van der Waals surface area contributed by atoms with E-state index in [1.54, 1.807) is 48.5 Å². The molecule has 4 rings (SSSR count). The number of fused-ring (bicyclic) bond motifs is 1. The molecule has 0 unspecified atom stereocenters. The van der Waals surface area contributed by atoms with Crippen molar-refractivity contribution in [3.05, 3.63) is 76.0 Å². The van der Waals surface area contributed by atoms with Crippen LogP contribution in [0.1, 0.15) is 26.6 Å². The minimum Gasteiger partial charge on any atom is -0.450 e. The molecule has 0 atom stereocenters. The number of carbonyl (C=O) groups excluding carboxylic acids is 2. The second-order valence-electron chi connectivity index (χ2n) is 5.38. The number of carbonyl (C=O) groups is 2.